The average Bonchev–Trinajstić information content (AvgIpc) is 2.98. The molecule has 1 N–H and O–H groups in total. The molecule has 3 rings (SSSR count). The maximum Gasteiger partial charge on any atom is 0.278 e. The Kier molecular flexibility index (Phi) is 7.94. The Hall–Kier alpha value is -2.83. The molecule has 170 valence electrons. The zero-order valence-electron chi connectivity index (χ0n) is 18.9. The minimum atomic E-state index is -0.359. The van der Waals surface area contributed by atoms with Gasteiger partial charge in [0.25, 0.3) is 11.8 Å². The van der Waals surface area contributed by atoms with Crippen LogP contribution in [0.3, 0.4) is 0 Å². The molecule has 0 saturated heterocycles. The minimum absolute atomic E-state index is 0.0977. The van der Waals surface area contributed by atoms with Crippen LogP contribution in [-0.2, 0) is 14.3 Å². The summed E-state index contributed by atoms with van der Waals surface area (Å²) >= 11 is 6.16. The first-order chi connectivity index (χ1) is 15.3. The second-order valence-electron chi connectivity index (χ2n) is 7.83. The Balaban J connectivity index is 1.94. The number of imide groups is 1. The molecule has 7 heteroatoms. The van der Waals surface area contributed by atoms with Crippen molar-refractivity contribution in [3.8, 4) is 5.75 Å². The van der Waals surface area contributed by atoms with Crippen molar-refractivity contribution in [2.24, 2.45) is 0 Å². The molecule has 0 radical (unpaired) electrons. The lowest BCUT2D eigenvalue weighted by Crippen LogP contribution is -2.34. The van der Waals surface area contributed by atoms with Crippen molar-refractivity contribution < 1.29 is 19.1 Å². The summed E-state index contributed by atoms with van der Waals surface area (Å²) in [4.78, 5) is 27.9. The van der Waals surface area contributed by atoms with Crippen molar-refractivity contribution in [1.29, 1.82) is 0 Å². The first-order valence-electron chi connectivity index (χ1n) is 10.8. The van der Waals surface area contributed by atoms with Gasteiger partial charge < -0.3 is 14.8 Å². The molecule has 0 fully saturated rings. The average molecular weight is 457 g/mol. The van der Waals surface area contributed by atoms with Crippen LogP contribution in [0.4, 0.5) is 5.69 Å². The SMILES string of the molecule is CCOc1ccc(C2=C(Nc3cc(Cl)ccc3C)C(=O)N(CCCOC(C)C)C2=O)cc1. The fourth-order valence-corrected chi connectivity index (χ4v) is 3.62. The van der Waals surface area contributed by atoms with E-state index in [1.807, 2.05) is 33.8 Å². The fraction of sp³-hybridized carbons (Fsp3) is 0.360. The van der Waals surface area contributed by atoms with Crippen molar-refractivity contribution >= 4 is 34.7 Å². The number of benzene rings is 2. The fourth-order valence-electron chi connectivity index (χ4n) is 3.45. The minimum Gasteiger partial charge on any atom is -0.494 e. The van der Waals surface area contributed by atoms with E-state index in [0.29, 0.717) is 47.2 Å². The third-order valence-corrected chi connectivity index (χ3v) is 5.29. The lowest BCUT2D eigenvalue weighted by Gasteiger charge is -2.16. The lowest BCUT2D eigenvalue weighted by atomic mass is 10.0. The predicted molar refractivity (Wildman–Crippen MR) is 127 cm³/mol. The molecule has 6 nitrogen and oxygen atoms in total. The first kappa shape index (κ1) is 23.8. The Bertz CT molecular complexity index is 1020. The highest BCUT2D eigenvalue weighted by atomic mass is 35.5. The molecule has 1 heterocycles. The molecule has 2 aromatic carbocycles. The summed E-state index contributed by atoms with van der Waals surface area (Å²) < 4.78 is 11.1. The summed E-state index contributed by atoms with van der Waals surface area (Å²) in [7, 11) is 0. The molecule has 0 aromatic heterocycles. The largest absolute Gasteiger partial charge is 0.494 e. The van der Waals surface area contributed by atoms with Crippen LogP contribution in [0.15, 0.2) is 48.2 Å². The Labute approximate surface area is 194 Å². The number of ether oxygens (including phenoxy) is 2. The molecular weight excluding hydrogens is 428 g/mol. The molecule has 0 spiro atoms. The molecule has 32 heavy (non-hydrogen) atoms. The van der Waals surface area contributed by atoms with Gasteiger partial charge in [0.1, 0.15) is 11.4 Å². The highest BCUT2D eigenvalue weighted by Crippen LogP contribution is 2.33. The molecule has 0 saturated carbocycles. The molecule has 0 aliphatic carbocycles. The van der Waals surface area contributed by atoms with E-state index < -0.39 is 0 Å². The second-order valence-corrected chi connectivity index (χ2v) is 8.26. The van der Waals surface area contributed by atoms with Gasteiger partial charge >= 0.3 is 0 Å². The second kappa shape index (κ2) is 10.7. The van der Waals surface area contributed by atoms with Crippen LogP contribution in [0.5, 0.6) is 5.75 Å². The normalized spacial score (nSPS) is 14.0. The summed E-state index contributed by atoms with van der Waals surface area (Å²) in [6.07, 6.45) is 0.663. The van der Waals surface area contributed by atoms with Crippen LogP contribution in [0, 0.1) is 6.92 Å². The maximum atomic E-state index is 13.3. The van der Waals surface area contributed by atoms with Gasteiger partial charge in [0.15, 0.2) is 0 Å². The molecule has 2 amide bonds. The molecule has 1 aliphatic heterocycles. The predicted octanol–water partition coefficient (Wildman–Crippen LogP) is 5.05. The first-order valence-corrected chi connectivity index (χ1v) is 11.2. The van der Waals surface area contributed by atoms with Gasteiger partial charge in [-0.05, 0) is 69.5 Å². The van der Waals surface area contributed by atoms with E-state index in [4.69, 9.17) is 21.1 Å². The standard InChI is InChI=1S/C25H29ClN2O4/c1-5-31-20-11-8-18(9-12-20)22-23(27-21-15-19(26)10-7-17(21)4)25(30)28(24(22)29)13-6-14-32-16(2)3/h7-12,15-16,27H,5-6,13-14H2,1-4H3. The van der Waals surface area contributed by atoms with Gasteiger partial charge in [0.2, 0.25) is 0 Å². The van der Waals surface area contributed by atoms with E-state index in [-0.39, 0.29) is 30.2 Å². The van der Waals surface area contributed by atoms with Gasteiger partial charge in [0.05, 0.1) is 18.3 Å². The lowest BCUT2D eigenvalue weighted by molar-refractivity contribution is -0.137. The summed E-state index contributed by atoms with van der Waals surface area (Å²) in [5.41, 5.74) is 2.82. The molecule has 1 aliphatic rings. The Morgan fingerprint density at radius 2 is 1.78 bits per heavy atom. The highest BCUT2D eigenvalue weighted by Gasteiger charge is 2.39. The molecule has 0 bridgehead atoms. The summed E-state index contributed by atoms with van der Waals surface area (Å²) in [5, 5.41) is 3.72. The third-order valence-electron chi connectivity index (χ3n) is 5.06. The topological polar surface area (TPSA) is 67.9 Å². The van der Waals surface area contributed by atoms with Gasteiger partial charge in [-0.2, -0.15) is 0 Å². The number of nitrogens with one attached hydrogen (secondary N) is 1. The van der Waals surface area contributed by atoms with Crippen molar-refractivity contribution in [1.82, 2.24) is 4.90 Å². The van der Waals surface area contributed by atoms with Crippen molar-refractivity contribution in [2.75, 3.05) is 25.1 Å². The zero-order valence-corrected chi connectivity index (χ0v) is 19.7. The van der Waals surface area contributed by atoms with E-state index in [9.17, 15) is 9.59 Å². The number of carbonyl (C=O) groups is 2. The number of amides is 2. The van der Waals surface area contributed by atoms with Crippen LogP contribution in [0.2, 0.25) is 5.02 Å². The number of aryl methyl sites for hydroxylation is 1. The highest BCUT2D eigenvalue weighted by molar-refractivity contribution is 6.36. The molecular formula is C25H29ClN2O4. The van der Waals surface area contributed by atoms with Crippen molar-refractivity contribution in [3.05, 3.63) is 64.3 Å². The van der Waals surface area contributed by atoms with E-state index in [1.165, 1.54) is 4.90 Å². The van der Waals surface area contributed by atoms with Gasteiger partial charge in [-0.15, -0.1) is 0 Å². The van der Waals surface area contributed by atoms with E-state index in [1.54, 1.807) is 36.4 Å². The smallest absolute Gasteiger partial charge is 0.278 e. The number of hydrogen-bond acceptors (Lipinski definition) is 5. The van der Waals surface area contributed by atoms with Gasteiger partial charge in [-0.1, -0.05) is 29.8 Å². The third kappa shape index (κ3) is 5.50. The number of nitrogens with zero attached hydrogens (tertiary/aromatic N) is 1. The number of hydrogen-bond donors (Lipinski definition) is 1. The number of anilines is 1. The van der Waals surface area contributed by atoms with Crippen LogP contribution in [0.1, 0.15) is 38.3 Å². The van der Waals surface area contributed by atoms with Gasteiger partial charge in [0, 0.05) is 23.9 Å². The summed E-state index contributed by atoms with van der Waals surface area (Å²) in [6, 6.07) is 12.6. The van der Waals surface area contributed by atoms with Gasteiger partial charge in [-0.3, -0.25) is 14.5 Å². The van der Waals surface area contributed by atoms with E-state index >= 15 is 0 Å². The molecule has 2 aromatic rings. The van der Waals surface area contributed by atoms with Crippen LogP contribution in [0.25, 0.3) is 5.57 Å². The van der Waals surface area contributed by atoms with Crippen LogP contribution in [-0.4, -0.2) is 42.6 Å². The van der Waals surface area contributed by atoms with Gasteiger partial charge in [-0.25, -0.2) is 0 Å². The summed E-state index contributed by atoms with van der Waals surface area (Å²) in [6.45, 7) is 9.03. The monoisotopic (exact) mass is 456 g/mol. The van der Waals surface area contributed by atoms with Crippen LogP contribution >= 0.6 is 11.6 Å². The Morgan fingerprint density at radius 3 is 2.44 bits per heavy atom. The zero-order chi connectivity index (χ0) is 23.3. The van der Waals surface area contributed by atoms with E-state index in [0.717, 1.165) is 5.56 Å². The molecule has 0 atom stereocenters. The van der Waals surface area contributed by atoms with Crippen molar-refractivity contribution in [3.63, 3.8) is 0 Å². The Morgan fingerprint density at radius 1 is 1.06 bits per heavy atom. The number of rotatable bonds is 10. The maximum absolute atomic E-state index is 13.3. The number of halogens is 1. The summed E-state index contributed by atoms with van der Waals surface area (Å²) in [5.74, 6) is 0.0187. The van der Waals surface area contributed by atoms with E-state index in [2.05, 4.69) is 5.32 Å². The quantitative estimate of drug-likeness (QED) is 0.400. The van der Waals surface area contributed by atoms with Crippen molar-refractivity contribution in [2.45, 2.75) is 40.2 Å². The van der Waals surface area contributed by atoms with Crippen LogP contribution < -0.4 is 10.1 Å². The number of carbonyl (C=O) groups excluding carboxylic acids is 2. The molecule has 0 unspecified atom stereocenters.